The number of rotatable bonds is 1. The van der Waals surface area contributed by atoms with Gasteiger partial charge in [0.2, 0.25) is 0 Å². The SMILES string of the molecule is C[CH]c1scc2ccccc12. The molecular weight excluding hydrogens is 152 g/mol. The van der Waals surface area contributed by atoms with Crippen molar-refractivity contribution >= 4 is 22.1 Å². The van der Waals surface area contributed by atoms with Crippen LogP contribution in [-0.4, -0.2) is 0 Å². The molecule has 1 heterocycles. The van der Waals surface area contributed by atoms with Crippen LogP contribution in [0, 0.1) is 6.42 Å². The van der Waals surface area contributed by atoms with Crippen LogP contribution in [0.5, 0.6) is 0 Å². The van der Waals surface area contributed by atoms with Gasteiger partial charge in [-0.3, -0.25) is 0 Å². The average molecular weight is 161 g/mol. The highest BCUT2D eigenvalue weighted by Gasteiger charge is 1.99. The van der Waals surface area contributed by atoms with Gasteiger partial charge in [-0.15, -0.1) is 11.3 Å². The Morgan fingerprint density at radius 1 is 1.27 bits per heavy atom. The fourth-order valence-corrected chi connectivity index (χ4v) is 2.15. The van der Waals surface area contributed by atoms with E-state index in [9.17, 15) is 0 Å². The molecule has 0 atom stereocenters. The highest BCUT2D eigenvalue weighted by molar-refractivity contribution is 7.11. The van der Waals surface area contributed by atoms with Crippen LogP contribution in [0.25, 0.3) is 10.8 Å². The maximum Gasteiger partial charge on any atom is 0.0158 e. The van der Waals surface area contributed by atoms with Crippen LogP contribution in [-0.2, 0) is 0 Å². The molecule has 0 aliphatic heterocycles. The molecule has 11 heavy (non-hydrogen) atoms. The van der Waals surface area contributed by atoms with Crippen molar-refractivity contribution in [1.29, 1.82) is 0 Å². The second-order valence-electron chi connectivity index (χ2n) is 2.48. The lowest BCUT2D eigenvalue weighted by molar-refractivity contribution is 1.54. The first-order chi connectivity index (χ1) is 5.42. The van der Waals surface area contributed by atoms with Gasteiger partial charge in [-0.1, -0.05) is 31.2 Å². The average Bonchev–Trinajstić information content (AvgIpc) is 2.47. The summed E-state index contributed by atoms with van der Waals surface area (Å²) < 4.78 is 0. The molecule has 1 heteroatoms. The maximum absolute atomic E-state index is 2.20. The van der Waals surface area contributed by atoms with E-state index in [-0.39, 0.29) is 0 Å². The van der Waals surface area contributed by atoms with Gasteiger partial charge in [-0.05, 0) is 22.6 Å². The summed E-state index contributed by atoms with van der Waals surface area (Å²) in [4.78, 5) is 1.38. The van der Waals surface area contributed by atoms with Crippen molar-refractivity contribution in [1.82, 2.24) is 0 Å². The number of hydrogen-bond donors (Lipinski definition) is 0. The first-order valence-electron chi connectivity index (χ1n) is 3.67. The quantitative estimate of drug-likeness (QED) is 0.600. The van der Waals surface area contributed by atoms with Crippen molar-refractivity contribution in [3.8, 4) is 0 Å². The molecule has 0 nitrogen and oxygen atoms in total. The Morgan fingerprint density at radius 2 is 2.09 bits per heavy atom. The minimum atomic E-state index is 1.35. The number of thiophene rings is 1. The van der Waals surface area contributed by atoms with E-state index >= 15 is 0 Å². The Hall–Kier alpha value is -0.820. The van der Waals surface area contributed by atoms with Gasteiger partial charge in [0.25, 0.3) is 0 Å². The largest absolute Gasteiger partial charge is 0.147 e. The van der Waals surface area contributed by atoms with Gasteiger partial charge in [-0.25, -0.2) is 0 Å². The summed E-state index contributed by atoms with van der Waals surface area (Å²) in [7, 11) is 0. The molecule has 0 N–H and O–H groups in total. The molecule has 0 saturated heterocycles. The standard InChI is InChI=1S/C10H9S/c1-2-10-9-6-4-3-5-8(9)7-11-10/h2-7H,1H3. The molecule has 0 aliphatic rings. The van der Waals surface area contributed by atoms with Crippen LogP contribution < -0.4 is 0 Å². The normalized spacial score (nSPS) is 10.6. The molecule has 55 valence electrons. The van der Waals surface area contributed by atoms with Gasteiger partial charge in [0.05, 0.1) is 0 Å². The molecule has 0 bridgehead atoms. The highest BCUT2D eigenvalue weighted by Crippen LogP contribution is 2.26. The molecular formula is C10H9S. The fourth-order valence-electron chi connectivity index (χ4n) is 1.24. The van der Waals surface area contributed by atoms with E-state index in [1.54, 1.807) is 0 Å². The second kappa shape index (κ2) is 2.67. The van der Waals surface area contributed by atoms with Gasteiger partial charge in [-0.2, -0.15) is 0 Å². The van der Waals surface area contributed by atoms with E-state index in [0.717, 1.165) is 0 Å². The van der Waals surface area contributed by atoms with Crippen molar-refractivity contribution in [2.75, 3.05) is 0 Å². The highest BCUT2D eigenvalue weighted by atomic mass is 32.1. The van der Waals surface area contributed by atoms with E-state index in [0.29, 0.717) is 0 Å². The summed E-state index contributed by atoms with van der Waals surface area (Å²) in [6.07, 6.45) is 2.16. The zero-order valence-electron chi connectivity index (χ0n) is 6.37. The number of hydrogen-bond acceptors (Lipinski definition) is 1. The Morgan fingerprint density at radius 3 is 2.91 bits per heavy atom. The van der Waals surface area contributed by atoms with Crippen molar-refractivity contribution in [2.45, 2.75) is 6.92 Å². The van der Waals surface area contributed by atoms with Gasteiger partial charge >= 0.3 is 0 Å². The Labute approximate surface area is 70.5 Å². The van der Waals surface area contributed by atoms with Gasteiger partial charge < -0.3 is 0 Å². The number of benzene rings is 1. The molecule has 0 amide bonds. The van der Waals surface area contributed by atoms with Crippen molar-refractivity contribution < 1.29 is 0 Å². The molecule has 0 aliphatic carbocycles. The maximum atomic E-state index is 2.20. The van der Waals surface area contributed by atoms with Crippen LogP contribution in [0.2, 0.25) is 0 Å². The minimum absolute atomic E-state index is 1.35. The Balaban J connectivity index is 2.76. The number of fused-ring (bicyclic) bond motifs is 1. The molecule has 0 saturated carbocycles. The molecule has 1 aromatic carbocycles. The summed E-state index contributed by atoms with van der Waals surface area (Å²) in [5.74, 6) is 0. The lowest BCUT2D eigenvalue weighted by Crippen LogP contribution is -1.68. The molecule has 2 aromatic rings. The molecule has 0 spiro atoms. The molecule has 0 unspecified atom stereocenters. The zero-order valence-corrected chi connectivity index (χ0v) is 7.19. The lowest BCUT2D eigenvalue weighted by Gasteiger charge is -1.90. The molecule has 0 fully saturated rings. The third-order valence-corrected chi connectivity index (χ3v) is 2.88. The summed E-state index contributed by atoms with van der Waals surface area (Å²) >= 11 is 1.81. The fraction of sp³-hybridized carbons (Fsp3) is 0.100. The van der Waals surface area contributed by atoms with Crippen LogP contribution in [0.15, 0.2) is 29.6 Å². The summed E-state index contributed by atoms with van der Waals surface area (Å²) in [5.41, 5.74) is 0. The van der Waals surface area contributed by atoms with Gasteiger partial charge in [0.1, 0.15) is 0 Å². The van der Waals surface area contributed by atoms with Crippen LogP contribution in [0.4, 0.5) is 0 Å². The van der Waals surface area contributed by atoms with E-state index < -0.39 is 0 Å². The third-order valence-electron chi connectivity index (χ3n) is 1.80. The second-order valence-corrected chi connectivity index (χ2v) is 3.39. The summed E-state index contributed by atoms with van der Waals surface area (Å²) in [6.45, 7) is 2.08. The molecule has 2 rings (SSSR count). The molecule has 1 radical (unpaired) electrons. The van der Waals surface area contributed by atoms with Crippen molar-refractivity contribution in [3.05, 3.63) is 40.9 Å². The van der Waals surface area contributed by atoms with Gasteiger partial charge in [0, 0.05) is 4.88 Å². The molecule has 1 aromatic heterocycles. The summed E-state index contributed by atoms with van der Waals surface area (Å²) in [5, 5.41) is 4.93. The Bertz CT molecular complexity index is 360. The lowest BCUT2D eigenvalue weighted by atomic mass is 10.2. The summed E-state index contributed by atoms with van der Waals surface area (Å²) in [6, 6.07) is 8.48. The monoisotopic (exact) mass is 161 g/mol. The minimum Gasteiger partial charge on any atom is -0.147 e. The van der Waals surface area contributed by atoms with Crippen molar-refractivity contribution in [2.24, 2.45) is 0 Å². The van der Waals surface area contributed by atoms with E-state index in [1.165, 1.54) is 15.6 Å². The Kier molecular flexibility index (Phi) is 1.66. The smallest absolute Gasteiger partial charge is 0.0158 e. The van der Waals surface area contributed by atoms with Gasteiger partial charge in [0.15, 0.2) is 0 Å². The van der Waals surface area contributed by atoms with Crippen LogP contribution in [0.3, 0.4) is 0 Å². The zero-order chi connectivity index (χ0) is 7.68. The first kappa shape index (κ1) is 6.86. The third kappa shape index (κ3) is 1.05. The predicted molar refractivity (Wildman–Crippen MR) is 50.9 cm³/mol. The van der Waals surface area contributed by atoms with Crippen LogP contribution in [0.1, 0.15) is 11.8 Å². The van der Waals surface area contributed by atoms with E-state index in [1.807, 2.05) is 11.3 Å². The van der Waals surface area contributed by atoms with E-state index in [4.69, 9.17) is 0 Å². The van der Waals surface area contributed by atoms with Crippen LogP contribution >= 0.6 is 11.3 Å². The van der Waals surface area contributed by atoms with E-state index in [2.05, 4.69) is 43.0 Å². The first-order valence-corrected chi connectivity index (χ1v) is 4.55. The topological polar surface area (TPSA) is 0 Å². The predicted octanol–water partition coefficient (Wildman–Crippen LogP) is 3.47. The van der Waals surface area contributed by atoms with Crippen molar-refractivity contribution in [3.63, 3.8) is 0 Å².